The first-order chi connectivity index (χ1) is 17.6. The molecule has 0 radical (unpaired) electrons. The van der Waals surface area contributed by atoms with E-state index in [4.69, 9.17) is 0 Å². The van der Waals surface area contributed by atoms with Crippen LogP contribution in [0.1, 0.15) is 24.4 Å². The third kappa shape index (κ3) is 3.69. The van der Waals surface area contributed by atoms with Crippen molar-refractivity contribution in [3.8, 4) is 16.8 Å². The molecule has 0 aliphatic heterocycles. The van der Waals surface area contributed by atoms with Crippen molar-refractivity contribution in [1.29, 1.82) is 0 Å². The number of hydrogen-bond donors (Lipinski definition) is 2. The van der Waals surface area contributed by atoms with Crippen LogP contribution in [0.3, 0.4) is 0 Å². The van der Waals surface area contributed by atoms with Gasteiger partial charge in [-0.15, -0.1) is 0 Å². The van der Waals surface area contributed by atoms with Crippen LogP contribution in [-0.4, -0.2) is 29.5 Å². The van der Waals surface area contributed by atoms with Gasteiger partial charge in [0.25, 0.3) is 5.56 Å². The Labute approximate surface area is 206 Å². The van der Waals surface area contributed by atoms with Gasteiger partial charge in [0.05, 0.1) is 17.8 Å². The summed E-state index contributed by atoms with van der Waals surface area (Å²) in [5.74, 6) is 0.623. The molecule has 2 N–H and O–H groups in total. The number of hydrogen-bond acceptors (Lipinski definition) is 6. The Morgan fingerprint density at radius 3 is 2.64 bits per heavy atom. The van der Waals surface area contributed by atoms with Gasteiger partial charge in [-0.2, -0.15) is 0 Å². The zero-order chi connectivity index (χ0) is 24.6. The molecule has 0 bridgehead atoms. The van der Waals surface area contributed by atoms with Crippen LogP contribution < -0.4 is 10.9 Å². The zero-order valence-corrected chi connectivity index (χ0v) is 19.8. The third-order valence-corrected chi connectivity index (χ3v) is 6.32. The quantitative estimate of drug-likeness (QED) is 0.357. The first kappa shape index (κ1) is 21.7. The van der Waals surface area contributed by atoms with E-state index in [0.29, 0.717) is 22.4 Å². The Morgan fingerprint density at radius 2 is 1.81 bits per heavy atom. The lowest BCUT2D eigenvalue weighted by Gasteiger charge is -2.22. The van der Waals surface area contributed by atoms with E-state index < -0.39 is 0 Å². The summed E-state index contributed by atoms with van der Waals surface area (Å²) in [6.07, 6.45) is 4.84. The molecule has 6 aromatic rings. The number of pyridine rings is 2. The van der Waals surface area contributed by atoms with Gasteiger partial charge in [0.15, 0.2) is 11.5 Å². The van der Waals surface area contributed by atoms with Gasteiger partial charge in [0, 0.05) is 23.3 Å². The van der Waals surface area contributed by atoms with Gasteiger partial charge in [0.1, 0.15) is 11.8 Å². The average Bonchev–Trinajstić information content (AvgIpc) is 3.39. The third-order valence-electron chi connectivity index (χ3n) is 6.32. The Kier molecular flexibility index (Phi) is 5.26. The Hall–Kier alpha value is -4.85. The molecule has 2 aromatic carbocycles. The maximum atomic E-state index is 14.2. The lowest BCUT2D eigenvalue weighted by Crippen LogP contribution is -2.26. The Balaban J connectivity index is 1.58. The minimum Gasteiger partial charge on any atom is -0.360 e. The molecule has 176 valence electrons. The van der Waals surface area contributed by atoms with Crippen molar-refractivity contribution in [1.82, 2.24) is 29.5 Å². The highest BCUT2D eigenvalue weighted by Gasteiger charge is 2.20. The SMILES string of the molecule is Cc1cc(-c2cccc3cc(C(C)Nc4ncnc5nc[nH]c45)n(-c4ccccc4)c(=O)c23)ccn1. The topological polar surface area (TPSA) is 101 Å². The summed E-state index contributed by atoms with van der Waals surface area (Å²) in [5, 5.41) is 4.99. The van der Waals surface area contributed by atoms with Crippen LogP contribution in [0.5, 0.6) is 0 Å². The fraction of sp³-hybridized carbons (Fsp3) is 0.107. The largest absolute Gasteiger partial charge is 0.360 e. The smallest absolute Gasteiger partial charge is 0.263 e. The molecule has 4 aromatic heterocycles. The molecule has 0 aliphatic carbocycles. The normalized spacial score (nSPS) is 12.2. The minimum absolute atomic E-state index is 0.0817. The molecule has 0 saturated carbocycles. The number of aromatic nitrogens is 6. The molecule has 0 spiro atoms. The zero-order valence-electron chi connectivity index (χ0n) is 19.8. The molecular weight excluding hydrogens is 450 g/mol. The molecule has 0 amide bonds. The maximum Gasteiger partial charge on any atom is 0.263 e. The van der Waals surface area contributed by atoms with Crippen LogP contribution >= 0.6 is 0 Å². The van der Waals surface area contributed by atoms with Crippen molar-refractivity contribution in [2.45, 2.75) is 19.9 Å². The standard InChI is InChI=1S/C28H23N7O/c1-17-13-19(11-12-29-17)22-10-6-7-20-14-23(35(28(36)24(20)22)21-8-4-3-5-9-21)18(2)34-27-25-26(31-15-30-25)32-16-33-27/h3-16,18H,1-2H3,(H2,30,31,32,33,34). The van der Waals surface area contributed by atoms with Crippen molar-refractivity contribution in [3.63, 3.8) is 0 Å². The molecule has 0 fully saturated rings. The van der Waals surface area contributed by atoms with Crippen LogP contribution in [0.15, 0.2) is 90.4 Å². The summed E-state index contributed by atoms with van der Waals surface area (Å²) in [4.78, 5) is 34.5. The molecule has 8 nitrogen and oxygen atoms in total. The van der Waals surface area contributed by atoms with Gasteiger partial charge in [-0.1, -0.05) is 36.4 Å². The Bertz CT molecular complexity index is 1770. The maximum absolute atomic E-state index is 14.2. The number of aryl methyl sites for hydroxylation is 1. The first-order valence-corrected chi connectivity index (χ1v) is 11.7. The predicted octanol–water partition coefficient (Wildman–Crippen LogP) is 5.20. The van der Waals surface area contributed by atoms with Gasteiger partial charge >= 0.3 is 0 Å². The fourth-order valence-electron chi connectivity index (χ4n) is 4.65. The summed E-state index contributed by atoms with van der Waals surface area (Å²) < 4.78 is 1.78. The molecule has 1 unspecified atom stereocenters. The summed E-state index contributed by atoms with van der Waals surface area (Å²) in [5.41, 5.74) is 5.57. The second-order valence-corrected chi connectivity index (χ2v) is 8.69. The minimum atomic E-state index is -0.254. The van der Waals surface area contributed by atoms with E-state index in [-0.39, 0.29) is 11.6 Å². The van der Waals surface area contributed by atoms with Gasteiger partial charge < -0.3 is 10.3 Å². The predicted molar refractivity (Wildman–Crippen MR) is 141 cm³/mol. The summed E-state index contributed by atoms with van der Waals surface area (Å²) >= 11 is 0. The number of fused-ring (bicyclic) bond motifs is 2. The Morgan fingerprint density at radius 1 is 0.944 bits per heavy atom. The van der Waals surface area contributed by atoms with E-state index >= 15 is 0 Å². The highest BCUT2D eigenvalue weighted by Crippen LogP contribution is 2.30. The molecule has 0 aliphatic rings. The van der Waals surface area contributed by atoms with E-state index in [9.17, 15) is 4.79 Å². The number of para-hydroxylation sites is 1. The second kappa shape index (κ2) is 8.74. The second-order valence-electron chi connectivity index (χ2n) is 8.69. The molecule has 0 saturated heterocycles. The van der Waals surface area contributed by atoms with Crippen molar-refractivity contribution < 1.29 is 0 Å². The number of anilines is 1. The van der Waals surface area contributed by atoms with Gasteiger partial charge in [-0.05, 0) is 60.7 Å². The van der Waals surface area contributed by atoms with Crippen LogP contribution in [0, 0.1) is 6.92 Å². The number of nitrogens with zero attached hydrogens (tertiary/aromatic N) is 5. The highest BCUT2D eigenvalue weighted by molar-refractivity contribution is 5.96. The number of aromatic amines is 1. The lowest BCUT2D eigenvalue weighted by atomic mass is 9.98. The molecular formula is C28H23N7O. The van der Waals surface area contributed by atoms with E-state index in [1.807, 2.05) is 74.5 Å². The fourth-order valence-corrected chi connectivity index (χ4v) is 4.65. The molecule has 4 heterocycles. The summed E-state index contributed by atoms with van der Waals surface area (Å²) in [6.45, 7) is 3.96. The molecule has 36 heavy (non-hydrogen) atoms. The summed E-state index contributed by atoms with van der Waals surface area (Å²) in [6, 6.07) is 21.4. The number of nitrogens with one attached hydrogen (secondary N) is 2. The van der Waals surface area contributed by atoms with Gasteiger partial charge in [0.2, 0.25) is 0 Å². The molecule has 1 atom stereocenters. The average molecular weight is 474 g/mol. The van der Waals surface area contributed by atoms with Gasteiger partial charge in [-0.3, -0.25) is 14.3 Å². The monoisotopic (exact) mass is 473 g/mol. The van der Waals surface area contributed by atoms with E-state index in [1.165, 1.54) is 6.33 Å². The van der Waals surface area contributed by atoms with Crippen molar-refractivity contribution in [2.75, 3.05) is 5.32 Å². The van der Waals surface area contributed by atoms with Crippen molar-refractivity contribution in [2.24, 2.45) is 0 Å². The van der Waals surface area contributed by atoms with Crippen molar-refractivity contribution in [3.05, 3.63) is 107 Å². The van der Waals surface area contributed by atoms with Crippen LogP contribution in [0.2, 0.25) is 0 Å². The number of rotatable bonds is 5. The van der Waals surface area contributed by atoms with Gasteiger partial charge in [-0.25, -0.2) is 15.0 Å². The van der Waals surface area contributed by atoms with E-state index in [1.54, 1.807) is 17.1 Å². The van der Waals surface area contributed by atoms with E-state index in [2.05, 4.69) is 36.3 Å². The van der Waals surface area contributed by atoms with E-state index in [0.717, 1.165) is 33.6 Å². The highest BCUT2D eigenvalue weighted by atomic mass is 16.1. The van der Waals surface area contributed by atoms with Crippen molar-refractivity contribution >= 4 is 27.8 Å². The number of benzene rings is 2. The van der Waals surface area contributed by atoms with Crippen LogP contribution in [0.4, 0.5) is 5.82 Å². The first-order valence-electron chi connectivity index (χ1n) is 11.7. The van der Waals surface area contributed by atoms with Crippen LogP contribution in [0.25, 0.3) is 38.8 Å². The lowest BCUT2D eigenvalue weighted by molar-refractivity contribution is 0.774. The molecule has 8 heteroatoms. The van der Waals surface area contributed by atoms with Crippen LogP contribution in [-0.2, 0) is 0 Å². The number of imidazole rings is 1. The summed E-state index contributed by atoms with van der Waals surface area (Å²) in [7, 11) is 0. The molecule has 6 rings (SSSR count). The number of H-pyrrole nitrogens is 1.